The molecular formula is C15H29ClN2O3. The Morgan fingerprint density at radius 1 is 1.33 bits per heavy atom. The number of esters is 1. The third-order valence-corrected chi connectivity index (χ3v) is 3.59. The van der Waals surface area contributed by atoms with Crippen LogP contribution < -0.4 is 5.73 Å². The van der Waals surface area contributed by atoms with Crippen molar-refractivity contribution in [3.63, 3.8) is 0 Å². The van der Waals surface area contributed by atoms with Crippen molar-refractivity contribution in [3.05, 3.63) is 0 Å². The Morgan fingerprint density at radius 2 is 2.00 bits per heavy atom. The van der Waals surface area contributed by atoms with Gasteiger partial charge in [-0.05, 0) is 32.1 Å². The van der Waals surface area contributed by atoms with E-state index in [4.69, 9.17) is 10.5 Å². The molecule has 0 heterocycles. The molecule has 2 N–H and O–H groups in total. The third kappa shape index (κ3) is 7.14. The molecule has 0 aliphatic heterocycles. The Kier molecular flexibility index (Phi) is 9.62. The Labute approximate surface area is 134 Å². The summed E-state index contributed by atoms with van der Waals surface area (Å²) in [6.07, 6.45) is 3.60. The molecule has 1 rings (SSSR count). The van der Waals surface area contributed by atoms with Gasteiger partial charge in [0.05, 0.1) is 6.61 Å². The minimum Gasteiger partial charge on any atom is -0.465 e. The van der Waals surface area contributed by atoms with Gasteiger partial charge < -0.3 is 15.4 Å². The van der Waals surface area contributed by atoms with Gasteiger partial charge in [-0.25, -0.2) is 0 Å². The summed E-state index contributed by atoms with van der Waals surface area (Å²) in [5.41, 5.74) is 5.95. The molecule has 1 saturated carbocycles. The van der Waals surface area contributed by atoms with E-state index in [2.05, 4.69) is 0 Å². The van der Waals surface area contributed by atoms with Crippen molar-refractivity contribution in [2.45, 2.75) is 52.5 Å². The van der Waals surface area contributed by atoms with Gasteiger partial charge in [-0.15, -0.1) is 12.4 Å². The first kappa shape index (κ1) is 20.2. The van der Waals surface area contributed by atoms with Gasteiger partial charge in [0.2, 0.25) is 5.91 Å². The Balaban J connectivity index is 0.00000400. The topological polar surface area (TPSA) is 72.6 Å². The van der Waals surface area contributed by atoms with Gasteiger partial charge in [-0.2, -0.15) is 0 Å². The zero-order chi connectivity index (χ0) is 15.1. The molecule has 0 saturated heterocycles. The summed E-state index contributed by atoms with van der Waals surface area (Å²) in [6, 6.07) is 0.112. The van der Waals surface area contributed by atoms with Crippen LogP contribution in [-0.4, -0.2) is 42.5 Å². The lowest BCUT2D eigenvalue weighted by molar-refractivity contribution is -0.151. The minimum absolute atomic E-state index is 0. The van der Waals surface area contributed by atoms with Crippen LogP contribution in [0.2, 0.25) is 0 Å². The molecular weight excluding hydrogens is 292 g/mol. The predicted molar refractivity (Wildman–Crippen MR) is 85.2 cm³/mol. The molecule has 1 aliphatic rings. The van der Waals surface area contributed by atoms with Gasteiger partial charge in [0.1, 0.15) is 6.54 Å². The minimum atomic E-state index is -0.332. The highest BCUT2D eigenvalue weighted by Crippen LogP contribution is 2.25. The second-order valence-electron chi connectivity index (χ2n) is 6.04. The largest absolute Gasteiger partial charge is 0.465 e. The van der Waals surface area contributed by atoms with Gasteiger partial charge in [0.15, 0.2) is 0 Å². The van der Waals surface area contributed by atoms with Crippen LogP contribution in [0.15, 0.2) is 0 Å². The van der Waals surface area contributed by atoms with Crippen LogP contribution in [0.25, 0.3) is 0 Å². The van der Waals surface area contributed by atoms with Gasteiger partial charge in [-0.3, -0.25) is 9.59 Å². The summed E-state index contributed by atoms with van der Waals surface area (Å²) in [7, 11) is 0. The number of hydrogen-bond donors (Lipinski definition) is 1. The molecule has 5 nitrogen and oxygen atoms in total. The van der Waals surface area contributed by atoms with Gasteiger partial charge >= 0.3 is 5.97 Å². The maximum absolute atomic E-state index is 12.6. The molecule has 6 heteroatoms. The van der Waals surface area contributed by atoms with Crippen molar-refractivity contribution in [2.75, 3.05) is 19.7 Å². The summed E-state index contributed by atoms with van der Waals surface area (Å²) in [5, 5.41) is 0. The van der Waals surface area contributed by atoms with E-state index in [-0.39, 0.29) is 42.8 Å². The average Bonchev–Trinajstić information content (AvgIpc) is 2.37. The number of halogens is 1. The Morgan fingerprint density at radius 3 is 2.52 bits per heavy atom. The van der Waals surface area contributed by atoms with E-state index in [1.807, 2.05) is 13.8 Å². The first-order valence-electron chi connectivity index (χ1n) is 7.64. The van der Waals surface area contributed by atoms with E-state index in [9.17, 15) is 9.59 Å². The summed E-state index contributed by atoms with van der Waals surface area (Å²) < 4.78 is 4.96. The second kappa shape index (κ2) is 10.0. The third-order valence-electron chi connectivity index (χ3n) is 3.59. The number of ether oxygens (including phenoxy) is 1. The fourth-order valence-corrected chi connectivity index (χ4v) is 2.75. The monoisotopic (exact) mass is 320 g/mol. The number of carbonyl (C=O) groups excluding carboxylic acids is 2. The maximum Gasteiger partial charge on any atom is 0.325 e. The fraction of sp³-hybridized carbons (Fsp3) is 0.867. The highest BCUT2D eigenvalue weighted by molar-refractivity contribution is 5.85. The fourth-order valence-electron chi connectivity index (χ4n) is 2.75. The molecule has 124 valence electrons. The number of amides is 1. The second-order valence-corrected chi connectivity index (χ2v) is 6.04. The Bertz CT molecular complexity index is 337. The van der Waals surface area contributed by atoms with Crippen molar-refractivity contribution in [3.8, 4) is 0 Å². The van der Waals surface area contributed by atoms with Crippen molar-refractivity contribution in [1.29, 1.82) is 0 Å². The van der Waals surface area contributed by atoms with Gasteiger partial charge in [0, 0.05) is 18.5 Å². The zero-order valence-corrected chi connectivity index (χ0v) is 14.2. The van der Waals surface area contributed by atoms with Crippen LogP contribution in [0.1, 0.15) is 46.5 Å². The summed E-state index contributed by atoms with van der Waals surface area (Å²) in [5.74, 6) is 0.0149. The van der Waals surface area contributed by atoms with E-state index in [1.165, 1.54) is 0 Å². The highest BCUT2D eigenvalue weighted by Gasteiger charge is 2.30. The van der Waals surface area contributed by atoms with Crippen molar-refractivity contribution in [1.82, 2.24) is 4.90 Å². The number of nitrogens with zero attached hydrogens (tertiary/aromatic N) is 1. The maximum atomic E-state index is 12.6. The molecule has 0 spiro atoms. The summed E-state index contributed by atoms with van der Waals surface area (Å²) in [4.78, 5) is 25.9. The molecule has 0 bridgehead atoms. The molecule has 0 aromatic heterocycles. The molecule has 0 aromatic carbocycles. The lowest BCUT2D eigenvalue weighted by atomic mass is 9.85. The number of hydrogen-bond acceptors (Lipinski definition) is 4. The standard InChI is InChI=1S/C15H28N2O3.ClH/c1-4-20-14(18)10-17(9-11(2)3)15(19)12-6-5-7-13(16)8-12;/h11-13H,4-10,16H2,1-3H3;1H. The number of nitrogens with two attached hydrogens (primary N) is 1. The van der Waals surface area contributed by atoms with E-state index in [0.29, 0.717) is 19.1 Å². The van der Waals surface area contributed by atoms with E-state index in [1.54, 1.807) is 11.8 Å². The van der Waals surface area contributed by atoms with Gasteiger partial charge in [-0.1, -0.05) is 20.3 Å². The Hall–Kier alpha value is -0.810. The quantitative estimate of drug-likeness (QED) is 0.759. The molecule has 21 heavy (non-hydrogen) atoms. The van der Waals surface area contributed by atoms with Crippen molar-refractivity contribution < 1.29 is 14.3 Å². The highest BCUT2D eigenvalue weighted by atomic mass is 35.5. The smallest absolute Gasteiger partial charge is 0.325 e. The zero-order valence-electron chi connectivity index (χ0n) is 13.3. The van der Waals surface area contributed by atoms with Gasteiger partial charge in [0.25, 0.3) is 0 Å². The van der Waals surface area contributed by atoms with E-state index >= 15 is 0 Å². The molecule has 1 fully saturated rings. The lowest BCUT2D eigenvalue weighted by Gasteiger charge is -2.31. The first-order chi connectivity index (χ1) is 9.43. The summed E-state index contributed by atoms with van der Waals surface area (Å²) in [6.45, 7) is 6.83. The lowest BCUT2D eigenvalue weighted by Crippen LogP contribution is -2.44. The molecule has 1 aliphatic carbocycles. The average molecular weight is 321 g/mol. The van der Waals surface area contributed by atoms with Crippen molar-refractivity contribution >= 4 is 24.3 Å². The SMILES string of the molecule is CCOC(=O)CN(CC(C)C)C(=O)C1CCCC(N)C1.Cl. The molecule has 1 amide bonds. The molecule has 0 aromatic rings. The number of carbonyl (C=O) groups is 2. The van der Waals surface area contributed by atoms with Crippen LogP contribution in [0.4, 0.5) is 0 Å². The van der Waals surface area contributed by atoms with Crippen LogP contribution in [0.5, 0.6) is 0 Å². The van der Waals surface area contributed by atoms with Crippen molar-refractivity contribution in [2.24, 2.45) is 17.6 Å². The van der Waals surface area contributed by atoms with Crippen LogP contribution in [0, 0.1) is 11.8 Å². The number of rotatable bonds is 6. The van der Waals surface area contributed by atoms with Crippen LogP contribution in [-0.2, 0) is 14.3 Å². The predicted octanol–water partition coefficient (Wildman–Crippen LogP) is 1.97. The first-order valence-corrected chi connectivity index (χ1v) is 7.64. The van der Waals surface area contributed by atoms with Crippen LogP contribution in [0.3, 0.4) is 0 Å². The normalized spacial score (nSPS) is 21.6. The van der Waals surface area contributed by atoms with E-state index in [0.717, 1.165) is 25.7 Å². The molecule has 2 atom stereocenters. The molecule has 2 unspecified atom stereocenters. The van der Waals surface area contributed by atoms with E-state index < -0.39 is 0 Å². The summed E-state index contributed by atoms with van der Waals surface area (Å²) >= 11 is 0. The van der Waals surface area contributed by atoms with Crippen LogP contribution >= 0.6 is 12.4 Å². The molecule has 0 radical (unpaired) electrons.